The zero-order valence-electron chi connectivity index (χ0n) is 11.1. The van der Waals surface area contributed by atoms with Crippen LogP contribution in [0.25, 0.3) is 0 Å². The van der Waals surface area contributed by atoms with Crippen molar-refractivity contribution in [3.05, 3.63) is 0 Å². The minimum absolute atomic E-state index is 0.648. The van der Waals surface area contributed by atoms with E-state index in [0.717, 1.165) is 25.7 Å². The highest BCUT2D eigenvalue weighted by molar-refractivity contribution is 6.66. The Morgan fingerprint density at radius 3 is 2.31 bits per heavy atom. The van der Waals surface area contributed by atoms with Gasteiger partial charge in [-0.2, -0.15) is 0 Å². The van der Waals surface area contributed by atoms with Gasteiger partial charge in [0, 0.05) is 46.9 Å². The van der Waals surface area contributed by atoms with Crippen molar-refractivity contribution < 1.29 is 8.85 Å². The van der Waals surface area contributed by atoms with Crippen molar-refractivity contribution in [2.45, 2.75) is 19.5 Å². The Bertz CT molecular complexity index is 194. The van der Waals surface area contributed by atoms with E-state index >= 15 is 0 Å². The van der Waals surface area contributed by atoms with Crippen LogP contribution >= 0.6 is 0 Å². The molecule has 1 heterocycles. The average molecular weight is 246 g/mol. The highest BCUT2D eigenvalue weighted by Crippen LogP contribution is 2.19. The molecule has 1 rings (SSSR count). The van der Waals surface area contributed by atoms with Gasteiger partial charge in [0.15, 0.2) is 0 Å². The van der Waals surface area contributed by atoms with Gasteiger partial charge in [-0.3, -0.25) is 0 Å². The van der Waals surface area contributed by atoms with Gasteiger partial charge in [0.2, 0.25) is 0 Å². The van der Waals surface area contributed by atoms with Crippen molar-refractivity contribution in [1.29, 1.82) is 0 Å². The number of hydrogen-bond acceptors (Lipinski definition) is 4. The van der Waals surface area contributed by atoms with Gasteiger partial charge in [-0.15, -0.1) is 0 Å². The van der Waals surface area contributed by atoms with E-state index in [9.17, 15) is 0 Å². The predicted molar refractivity (Wildman–Crippen MR) is 68.9 cm³/mol. The van der Waals surface area contributed by atoms with Crippen LogP contribution in [0, 0.1) is 5.92 Å². The van der Waals surface area contributed by atoms with Gasteiger partial charge < -0.3 is 19.1 Å². The summed E-state index contributed by atoms with van der Waals surface area (Å²) >= 11 is 0. The fourth-order valence-corrected chi connectivity index (χ4v) is 4.18. The Kier molecular flexibility index (Phi) is 5.92. The molecule has 0 radical (unpaired) electrons. The van der Waals surface area contributed by atoms with E-state index in [2.05, 4.69) is 23.7 Å². The molecule has 0 spiro atoms. The van der Waals surface area contributed by atoms with Crippen molar-refractivity contribution in [1.82, 2.24) is 10.2 Å². The normalized spacial score (nSPS) is 21.0. The summed E-state index contributed by atoms with van der Waals surface area (Å²) in [4.78, 5) is 2.53. The van der Waals surface area contributed by atoms with Crippen LogP contribution < -0.4 is 5.32 Å². The molecule has 1 atom stereocenters. The molecule has 0 aromatic rings. The quantitative estimate of drug-likeness (QED) is 0.706. The summed E-state index contributed by atoms with van der Waals surface area (Å²) in [6, 6.07) is 1.07. The molecule has 0 aliphatic carbocycles. The van der Waals surface area contributed by atoms with E-state index in [1.165, 1.54) is 13.1 Å². The number of rotatable bonds is 6. The maximum atomic E-state index is 5.53. The maximum Gasteiger partial charge on any atom is 0.334 e. The Morgan fingerprint density at radius 2 is 1.81 bits per heavy atom. The molecule has 1 fully saturated rings. The molecule has 4 nitrogen and oxygen atoms in total. The average Bonchev–Trinajstić information content (AvgIpc) is 2.30. The van der Waals surface area contributed by atoms with Crippen LogP contribution in [0.3, 0.4) is 0 Å². The van der Waals surface area contributed by atoms with Crippen LogP contribution in [0.5, 0.6) is 0 Å². The first kappa shape index (κ1) is 14.1. The lowest BCUT2D eigenvalue weighted by atomic mass is 10.2. The summed E-state index contributed by atoms with van der Waals surface area (Å²) in [5.41, 5.74) is 0. The second-order valence-electron chi connectivity index (χ2n) is 4.90. The fourth-order valence-electron chi connectivity index (χ4n) is 2.28. The van der Waals surface area contributed by atoms with E-state index in [-0.39, 0.29) is 0 Å². The summed E-state index contributed by atoms with van der Waals surface area (Å²) in [6.45, 7) is 10.2. The first-order chi connectivity index (χ1) is 7.59. The van der Waals surface area contributed by atoms with Gasteiger partial charge in [0.1, 0.15) is 0 Å². The summed E-state index contributed by atoms with van der Waals surface area (Å²) in [7, 11) is 1.65. The summed E-state index contributed by atoms with van der Waals surface area (Å²) in [5, 5.41) is 3.38. The Balaban J connectivity index is 2.30. The molecule has 0 bridgehead atoms. The molecule has 0 aromatic carbocycles. The number of hydrogen-bond donors (Lipinski definition) is 1. The third-order valence-electron chi connectivity index (χ3n) is 3.36. The zero-order chi connectivity index (χ0) is 12.0. The standard InChI is InChI=1S/C11H26N2O2Si/c1-11(10-16(4,14-2)15-3)9-13-7-5-12-6-8-13/h11-12H,5-10H2,1-4H3. The summed E-state index contributed by atoms with van der Waals surface area (Å²) < 4.78 is 11.1. The van der Waals surface area contributed by atoms with Crippen LogP contribution in [-0.4, -0.2) is 60.4 Å². The van der Waals surface area contributed by atoms with Crippen LogP contribution in [0.4, 0.5) is 0 Å². The molecule has 1 aliphatic heterocycles. The maximum absolute atomic E-state index is 5.53. The van der Waals surface area contributed by atoms with Gasteiger partial charge in [-0.25, -0.2) is 0 Å². The molecule has 16 heavy (non-hydrogen) atoms. The topological polar surface area (TPSA) is 33.7 Å². The summed E-state index contributed by atoms with van der Waals surface area (Å²) in [5.74, 6) is 0.648. The molecular formula is C11H26N2O2Si. The molecule has 96 valence electrons. The van der Waals surface area contributed by atoms with E-state index in [1.54, 1.807) is 14.2 Å². The van der Waals surface area contributed by atoms with Crippen molar-refractivity contribution >= 4 is 8.56 Å². The van der Waals surface area contributed by atoms with Crippen molar-refractivity contribution in [3.63, 3.8) is 0 Å². The lowest BCUT2D eigenvalue weighted by Crippen LogP contribution is -2.46. The van der Waals surface area contributed by atoms with Gasteiger partial charge >= 0.3 is 8.56 Å². The molecule has 0 amide bonds. The monoisotopic (exact) mass is 246 g/mol. The number of nitrogens with one attached hydrogen (secondary N) is 1. The minimum atomic E-state index is -1.89. The van der Waals surface area contributed by atoms with E-state index in [1.807, 2.05) is 0 Å². The minimum Gasteiger partial charge on any atom is -0.398 e. The van der Waals surface area contributed by atoms with Crippen LogP contribution in [-0.2, 0) is 8.85 Å². The van der Waals surface area contributed by atoms with Crippen molar-refractivity contribution in [2.75, 3.05) is 46.9 Å². The lowest BCUT2D eigenvalue weighted by molar-refractivity contribution is 0.201. The zero-order valence-corrected chi connectivity index (χ0v) is 12.1. The fraction of sp³-hybridized carbons (Fsp3) is 1.00. The highest BCUT2D eigenvalue weighted by atomic mass is 28.4. The lowest BCUT2D eigenvalue weighted by Gasteiger charge is -2.32. The molecular weight excluding hydrogens is 220 g/mol. The van der Waals surface area contributed by atoms with Gasteiger partial charge in [-0.05, 0) is 18.5 Å². The highest BCUT2D eigenvalue weighted by Gasteiger charge is 2.31. The Labute approximate surface area is 101 Å². The molecule has 0 aromatic heterocycles. The van der Waals surface area contributed by atoms with Crippen LogP contribution in [0.15, 0.2) is 0 Å². The van der Waals surface area contributed by atoms with Crippen molar-refractivity contribution in [3.8, 4) is 0 Å². The Morgan fingerprint density at radius 1 is 1.25 bits per heavy atom. The van der Waals surface area contributed by atoms with Gasteiger partial charge in [0.05, 0.1) is 0 Å². The third-order valence-corrected chi connectivity index (χ3v) is 6.53. The van der Waals surface area contributed by atoms with E-state index in [4.69, 9.17) is 8.85 Å². The first-order valence-corrected chi connectivity index (χ1v) is 8.65. The predicted octanol–water partition coefficient (Wildman–Crippen LogP) is 0.893. The molecule has 1 N–H and O–H groups in total. The molecule has 1 unspecified atom stereocenters. The second-order valence-corrected chi connectivity index (χ2v) is 8.39. The second kappa shape index (κ2) is 6.71. The molecule has 0 saturated carbocycles. The van der Waals surface area contributed by atoms with Crippen molar-refractivity contribution in [2.24, 2.45) is 5.92 Å². The number of piperazine rings is 1. The molecule has 5 heteroatoms. The van der Waals surface area contributed by atoms with E-state index in [0.29, 0.717) is 5.92 Å². The first-order valence-electron chi connectivity index (χ1n) is 6.13. The SMILES string of the molecule is CO[Si](C)(CC(C)CN1CCNCC1)OC. The largest absolute Gasteiger partial charge is 0.398 e. The Hall–Kier alpha value is 0.0569. The number of nitrogens with zero attached hydrogens (tertiary/aromatic N) is 1. The van der Waals surface area contributed by atoms with Gasteiger partial charge in [-0.1, -0.05) is 6.92 Å². The van der Waals surface area contributed by atoms with Gasteiger partial charge in [0.25, 0.3) is 0 Å². The van der Waals surface area contributed by atoms with Crippen LogP contribution in [0.2, 0.25) is 12.6 Å². The molecule has 1 aliphatic rings. The van der Waals surface area contributed by atoms with E-state index < -0.39 is 8.56 Å². The third kappa shape index (κ3) is 4.51. The smallest absolute Gasteiger partial charge is 0.334 e. The summed E-state index contributed by atoms with van der Waals surface area (Å²) in [6.07, 6.45) is 0. The van der Waals surface area contributed by atoms with Crippen LogP contribution in [0.1, 0.15) is 6.92 Å². The molecule has 1 saturated heterocycles.